The van der Waals surface area contributed by atoms with E-state index in [0.717, 1.165) is 12.1 Å². The van der Waals surface area contributed by atoms with Gasteiger partial charge in [-0.3, -0.25) is 0 Å². The van der Waals surface area contributed by atoms with Crippen molar-refractivity contribution >= 4 is 11.6 Å². The van der Waals surface area contributed by atoms with Gasteiger partial charge in [-0.1, -0.05) is 12.1 Å². The number of rotatable bonds is 4. The second-order valence-electron chi connectivity index (χ2n) is 5.74. The van der Waals surface area contributed by atoms with E-state index in [0.29, 0.717) is 22.9 Å². The van der Waals surface area contributed by atoms with Gasteiger partial charge in [0.1, 0.15) is 12.1 Å². The molecule has 0 radical (unpaired) electrons. The van der Waals surface area contributed by atoms with Gasteiger partial charge in [0.2, 0.25) is 0 Å². The lowest BCUT2D eigenvalue weighted by Gasteiger charge is -2.23. The van der Waals surface area contributed by atoms with E-state index in [-0.39, 0.29) is 0 Å². The number of anilines is 1. The van der Waals surface area contributed by atoms with Gasteiger partial charge >= 0.3 is 6.18 Å². The highest BCUT2D eigenvalue weighted by Crippen LogP contribution is 2.31. The minimum Gasteiger partial charge on any atom is -0.391 e. The first-order chi connectivity index (χ1) is 11.8. The molecule has 0 aliphatic heterocycles. The molecule has 132 valence electrons. The topological polar surface area (TPSA) is 75.3 Å². The van der Waals surface area contributed by atoms with Crippen LogP contribution in [0.3, 0.4) is 0 Å². The summed E-state index contributed by atoms with van der Waals surface area (Å²) in [7, 11) is 0. The lowest BCUT2D eigenvalue weighted by atomic mass is 10.0. The van der Waals surface area contributed by atoms with Crippen molar-refractivity contribution in [2.45, 2.75) is 32.2 Å². The number of fused-ring (bicyclic) bond motifs is 1. The maximum Gasteiger partial charge on any atom is 0.416 e. The van der Waals surface area contributed by atoms with E-state index in [1.807, 2.05) is 0 Å². The fourth-order valence-corrected chi connectivity index (χ4v) is 2.55. The second kappa shape index (κ2) is 6.32. The number of alkyl halides is 3. The molecule has 6 nitrogen and oxygen atoms in total. The van der Waals surface area contributed by atoms with Crippen molar-refractivity contribution in [2.24, 2.45) is 0 Å². The lowest BCUT2D eigenvalue weighted by Crippen LogP contribution is -2.24. The first-order valence-electron chi connectivity index (χ1n) is 7.55. The molecule has 0 bridgehead atoms. The largest absolute Gasteiger partial charge is 0.416 e. The van der Waals surface area contributed by atoms with Crippen molar-refractivity contribution in [3.63, 3.8) is 0 Å². The van der Waals surface area contributed by atoms with E-state index in [1.165, 1.54) is 23.0 Å². The van der Waals surface area contributed by atoms with Gasteiger partial charge in [0.05, 0.1) is 17.7 Å². The van der Waals surface area contributed by atoms with Crippen molar-refractivity contribution in [3.05, 3.63) is 53.5 Å². The van der Waals surface area contributed by atoms with Crippen LogP contribution < -0.4 is 5.32 Å². The maximum atomic E-state index is 12.7. The molecule has 2 heterocycles. The van der Waals surface area contributed by atoms with Crippen LogP contribution in [0.5, 0.6) is 0 Å². The number of aryl methyl sites for hydroxylation is 1. The zero-order chi connectivity index (χ0) is 18.2. The minimum absolute atomic E-state index is 0.388. The lowest BCUT2D eigenvalue weighted by molar-refractivity contribution is -0.137. The Morgan fingerprint density at radius 2 is 1.88 bits per heavy atom. The molecule has 1 aromatic carbocycles. The number of aliphatic hydroxyl groups excluding tert-OH is 1. The first-order valence-corrected chi connectivity index (χ1v) is 7.55. The SMILES string of the molecule is Cc1cc(NC(c2ccc(C(F)(F)F)cc2)C(C)O)n2ncnc2n1. The monoisotopic (exact) mass is 351 g/mol. The van der Waals surface area contributed by atoms with Crippen LogP contribution in [0.1, 0.15) is 29.8 Å². The van der Waals surface area contributed by atoms with E-state index >= 15 is 0 Å². The smallest absolute Gasteiger partial charge is 0.391 e. The molecule has 0 spiro atoms. The van der Waals surface area contributed by atoms with Crippen LogP contribution in [0.15, 0.2) is 36.7 Å². The van der Waals surface area contributed by atoms with Crippen molar-refractivity contribution in [1.29, 1.82) is 0 Å². The zero-order valence-corrected chi connectivity index (χ0v) is 13.5. The number of nitrogens with one attached hydrogen (secondary N) is 1. The van der Waals surface area contributed by atoms with E-state index in [9.17, 15) is 18.3 Å². The first kappa shape index (κ1) is 17.2. The third kappa shape index (κ3) is 3.55. The molecule has 0 aliphatic carbocycles. The summed E-state index contributed by atoms with van der Waals surface area (Å²) < 4.78 is 39.6. The fraction of sp³-hybridized carbons (Fsp3) is 0.312. The summed E-state index contributed by atoms with van der Waals surface area (Å²) in [6.07, 6.45) is -3.91. The summed E-state index contributed by atoms with van der Waals surface area (Å²) in [5.74, 6) is 0.921. The average Bonchev–Trinajstić information content (AvgIpc) is 2.99. The van der Waals surface area contributed by atoms with Crippen molar-refractivity contribution in [3.8, 4) is 0 Å². The standard InChI is InChI=1S/C16H16F3N5O/c1-9-7-13(24-15(22-9)20-8-21-24)23-14(10(2)25)11-3-5-12(6-4-11)16(17,18)19/h3-8,10,14,23,25H,1-2H3. The number of hydrogen-bond donors (Lipinski definition) is 2. The molecule has 2 N–H and O–H groups in total. The molecule has 3 aromatic rings. The predicted molar refractivity (Wildman–Crippen MR) is 85.0 cm³/mol. The molecule has 0 aliphatic rings. The fourth-order valence-electron chi connectivity index (χ4n) is 2.55. The Balaban J connectivity index is 1.95. The number of halogens is 3. The quantitative estimate of drug-likeness (QED) is 0.756. The van der Waals surface area contributed by atoms with Gasteiger partial charge in [-0.15, -0.1) is 0 Å². The number of aromatic nitrogens is 4. The van der Waals surface area contributed by atoms with E-state index < -0.39 is 23.9 Å². The Morgan fingerprint density at radius 1 is 1.20 bits per heavy atom. The normalized spacial score (nSPS) is 14.5. The molecule has 0 fully saturated rings. The Bertz CT molecular complexity index is 874. The number of benzene rings is 1. The van der Waals surface area contributed by atoms with Crippen molar-refractivity contribution < 1.29 is 18.3 Å². The molecular weight excluding hydrogens is 335 g/mol. The zero-order valence-electron chi connectivity index (χ0n) is 13.5. The van der Waals surface area contributed by atoms with Crippen molar-refractivity contribution in [2.75, 3.05) is 5.32 Å². The highest BCUT2D eigenvalue weighted by Gasteiger charge is 2.30. The third-order valence-corrected chi connectivity index (χ3v) is 3.76. The molecular formula is C16H16F3N5O. The number of nitrogens with zero attached hydrogens (tertiary/aromatic N) is 4. The molecule has 0 saturated heterocycles. The number of hydrogen-bond acceptors (Lipinski definition) is 5. The van der Waals surface area contributed by atoms with Crippen LogP contribution in [-0.2, 0) is 6.18 Å². The van der Waals surface area contributed by atoms with Gasteiger partial charge in [0, 0.05) is 11.8 Å². The molecule has 0 saturated carbocycles. The van der Waals surface area contributed by atoms with Gasteiger partial charge < -0.3 is 10.4 Å². The number of aliphatic hydroxyl groups is 1. The van der Waals surface area contributed by atoms with Crippen LogP contribution in [0.2, 0.25) is 0 Å². The Labute approximate surface area is 141 Å². The Hall–Kier alpha value is -2.68. The molecule has 0 amide bonds. The minimum atomic E-state index is -4.40. The molecule has 25 heavy (non-hydrogen) atoms. The van der Waals surface area contributed by atoms with Crippen LogP contribution in [0, 0.1) is 6.92 Å². The van der Waals surface area contributed by atoms with Crippen LogP contribution in [0.4, 0.5) is 19.0 Å². The summed E-state index contributed by atoms with van der Waals surface area (Å²) >= 11 is 0. The van der Waals surface area contributed by atoms with Crippen molar-refractivity contribution in [1.82, 2.24) is 19.6 Å². The van der Waals surface area contributed by atoms with E-state index in [2.05, 4.69) is 20.4 Å². The maximum absolute atomic E-state index is 12.7. The highest BCUT2D eigenvalue weighted by atomic mass is 19.4. The average molecular weight is 351 g/mol. The Kier molecular flexibility index (Phi) is 4.34. The van der Waals surface area contributed by atoms with Crippen LogP contribution >= 0.6 is 0 Å². The molecule has 2 atom stereocenters. The van der Waals surface area contributed by atoms with Gasteiger partial charge in [-0.25, -0.2) is 4.98 Å². The van der Waals surface area contributed by atoms with Crippen LogP contribution in [-0.4, -0.2) is 30.8 Å². The van der Waals surface area contributed by atoms with Gasteiger partial charge in [-0.05, 0) is 31.5 Å². The van der Waals surface area contributed by atoms with Crippen LogP contribution in [0.25, 0.3) is 5.78 Å². The summed E-state index contributed by atoms with van der Waals surface area (Å²) in [6.45, 7) is 3.34. The van der Waals surface area contributed by atoms with Gasteiger partial charge in [0.15, 0.2) is 0 Å². The highest BCUT2D eigenvalue weighted by molar-refractivity contribution is 5.47. The van der Waals surface area contributed by atoms with E-state index in [1.54, 1.807) is 19.9 Å². The van der Waals surface area contributed by atoms with Gasteiger partial charge in [0.25, 0.3) is 5.78 Å². The third-order valence-electron chi connectivity index (χ3n) is 3.76. The molecule has 9 heteroatoms. The predicted octanol–water partition coefficient (Wildman–Crippen LogP) is 2.99. The summed E-state index contributed by atoms with van der Waals surface area (Å²) in [5, 5.41) is 17.3. The second-order valence-corrected chi connectivity index (χ2v) is 5.74. The molecule has 2 unspecified atom stereocenters. The summed E-state index contributed by atoms with van der Waals surface area (Å²) in [6, 6.07) is 5.78. The molecule has 3 rings (SSSR count). The summed E-state index contributed by atoms with van der Waals surface area (Å²) in [4.78, 5) is 8.24. The van der Waals surface area contributed by atoms with Gasteiger partial charge in [-0.2, -0.15) is 27.8 Å². The molecule has 2 aromatic heterocycles. The summed E-state index contributed by atoms with van der Waals surface area (Å²) in [5.41, 5.74) is 0.476. The van der Waals surface area contributed by atoms with E-state index in [4.69, 9.17) is 0 Å². The Morgan fingerprint density at radius 3 is 2.48 bits per heavy atom.